The van der Waals surface area contributed by atoms with E-state index in [0.29, 0.717) is 6.54 Å². The van der Waals surface area contributed by atoms with Crippen molar-refractivity contribution in [2.75, 3.05) is 20.7 Å². The summed E-state index contributed by atoms with van der Waals surface area (Å²) >= 11 is 0. The molecule has 0 spiro atoms. The Kier molecular flexibility index (Phi) is 6.01. The summed E-state index contributed by atoms with van der Waals surface area (Å²) in [5, 5.41) is 0. The zero-order valence-corrected chi connectivity index (χ0v) is 11.2. The van der Waals surface area contributed by atoms with Gasteiger partial charge in [-0.25, -0.2) is 0 Å². The van der Waals surface area contributed by atoms with E-state index < -0.39 is 0 Å². The molecule has 1 aromatic carbocycles. The van der Waals surface area contributed by atoms with Crippen LogP contribution in [0.5, 0.6) is 5.75 Å². The lowest BCUT2D eigenvalue weighted by molar-refractivity contribution is 0.320. The third-order valence-electron chi connectivity index (χ3n) is 2.92. The Balaban J connectivity index is 2.65. The molecule has 0 unspecified atom stereocenters. The molecule has 0 aliphatic heterocycles. The number of unbranched alkanes of at least 4 members (excludes halogenated alkanes) is 1. The fourth-order valence-corrected chi connectivity index (χ4v) is 1.87. The minimum Gasteiger partial charge on any atom is -0.496 e. The van der Waals surface area contributed by atoms with Crippen molar-refractivity contribution in [3.05, 3.63) is 29.3 Å². The number of nitrogens with zero attached hydrogens (tertiary/aromatic N) is 1. The molecule has 0 heterocycles. The van der Waals surface area contributed by atoms with Crippen molar-refractivity contribution < 1.29 is 4.74 Å². The molecular formula is C14H24N2O. The maximum atomic E-state index is 5.65. The van der Waals surface area contributed by atoms with Crippen molar-refractivity contribution in [1.29, 1.82) is 0 Å². The van der Waals surface area contributed by atoms with Gasteiger partial charge < -0.3 is 15.4 Å². The molecule has 0 aliphatic rings. The van der Waals surface area contributed by atoms with E-state index in [-0.39, 0.29) is 0 Å². The Morgan fingerprint density at radius 1 is 1.35 bits per heavy atom. The average Bonchev–Trinajstić information content (AvgIpc) is 2.36. The van der Waals surface area contributed by atoms with E-state index in [1.54, 1.807) is 7.11 Å². The summed E-state index contributed by atoms with van der Waals surface area (Å²) in [4.78, 5) is 2.33. The minimum absolute atomic E-state index is 0.523. The third kappa shape index (κ3) is 4.36. The number of benzene rings is 1. The zero-order valence-electron chi connectivity index (χ0n) is 11.2. The summed E-state index contributed by atoms with van der Waals surface area (Å²) < 4.78 is 5.34. The molecule has 0 atom stereocenters. The van der Waals surface area contributed by atoms with Crippen LogP contribution in [0.1, 0.15) is 30.9 Å². The molecule has 0 amide bonds. The molecule has 0 saturated heterocycles. The molecule has 1 rings (SSSR count). The highest BCUT2D eigenvalue weighted by molar-refractivity contribution is 5.37. The maximum Gasteiger partial charge on any atom is 0.123 e. The lowest BCUT2D eigenvalue weighted by Crippen LogP contribution is -2.19. The molecule has 0 saturated carbocycles. The van der Waals surface area contributed by atoms with Crippen LogP contribution >= 0.6 is 0 Å². The molecule has 1 aromatic rings. The van der Waals surface area contributed by atoms with Gasteiger partial charge in [0.1, 0.15) is 5.75 Å². The summed E-state index contributed by atoms with van der Waals surface area (Å²) in [5.74, 6) is 0.897. The van der Waals surface area contributed by atoms with Gasteiger partial charge in [-0.3, -0.25) is 0 Å². The van der Waals surface area contributed by atoms with E-state index >= 15 is 0 Å². The van der Waals surface area contributed by atoms with Gasteiger partial charge in [0, 0.05) is 18.7 Å². The fraction of sp³-hybridized carbons (Fsp3) is 0.571. The van der Waals surface area contributed by atoms with Gasteiger partial charge in [-0.2, -0.15) is 0 Å². The minimum atomic E-state index is 0.523. The Hall–Kier alpha value is -1.06. The van der Waals surface area contributed by atoms with Crippen molar-refractivity contribution >= 4 is 0 Å². The van der Waals surface area contributed by atoms with Crippen molar-refractivity contribution in [3.63, 3.8) is 0 Å². The first-order valence-corrected chi connectivity index (χ1v) is 6.25. The molecule has 0 fully saturated rings. The lowest BCUT2D eigenvalue weighted by atomic mass is 10.1. The second-order valence-electron chi connectivity index (χ2n) is 4.44. The van der Waals surface area contributed by atoms with Gasteiger partial charge in [-0.15, -0.1) is 0 Å². The van der Waals surface area contributed by atoms with Gasteiger partial charge in [-0.05, 0) is 31.6 Å². The van der Waals surface area contributed by atoms with E-state index in [2.05, 4.69) is 37.1 Å². The Labute approximate surface area is 105 Å². The molecule has 0 aromatic heterocycles. The Morgan fingerprint density at radius 3 is 2.71 bits per heavy atom. The highest BCUT2D eigenvalue weighted by Crippen LogP contribution is 2.20. The van der Waals surface area contributed by atoms with E-state index in [4.69, 9.17) is 10.5 Å². The SMILES string of the molecule is CCCCN(C)Cc1ccc(CN)c(OC)c1. The maximum absolute atomic E-state index is 5.65. The molecule has 96 valence electrons. The van der Waals surface area contributed by atoms with Crippen molar-refractivity contribution in [2.24, 2.45) is 5.73 Å². The van der Waals surface area contributed by atoms with Gasteiger partial charge >= 0.3 is 0 Å². The molecular weight excluding hydrogens is 212 g/mol. The van der Waals surface area contributed by atoms with Crippen LogP contribution in [0.2, 0.25) is 0 Å². The van der Waals surface area contributed by atoms with Crippen LogP contribution in [0.3, 0.4) is 0 Å². The highest BCUT2D eigenvalue weighted by atomic mass is 16.5. The van der Waals surface area contributed by atoms with Crippen LogP contribution < -0.4 is 10.5 Å². The third-order valence-corrected chi connectivity index (χ3v) is 2.92. The normalized spacial score (nSPS) is 10.9. The number of nitrogens with two attached hydrogens (primary N) is 1. The monoisotopic (exact) mass is 236 g/mol. The van der Waals surface area contributed by atoms with E-state index in [9.17, 15) is 0 Å². The van der Waals surface area contributed by atoms with E-state index in [1.807, 2.05) is 0 Å². The first-order valence-electron chi connectivity index (χ1n) is 6.25. The fourth-order valence-electron chi connectivity index (χ4n) is 1.87. The standard InChI is InChI=1S/C14H24N2O/c1-4-5-8-16(2)11-12-6-7-13(10-15)14(9-12)17-3/h6-7,9H,4-5,8,10-11,15H2,1-3H3. The van der Waals surface area contributed by atoms with Crippen LogP contribution in [-0.2, 0) is 13.1 Å². The molecule has 0 bridgehead atoms. The van der Waals surface area contributed by atoms with Gasteiger partial charge in [0.15, 0.2) is 0 Å². The number of methoxy groups -OCH3 is 1. The van der Waals surface area contributed by atoms with Crippen molar-refractivity contribution in [2.45, 2.75) is 32.9 Å². The Morgan fingerprint density at radius 2 is 2.12 bits per heavy atom. The number of hydrogen-bond acceptors (Lipinski definition) is 3. The largest absolute Gasteiger partial charge is 0.496 e. The highest BCUT2D eigenvalue weighted by Gasteiger charge is 2.05. The second-order valence-corrected chi connectivity index (χ2v) is 4.44. The quantitative estimate of drug-likeness (QED) is 0.790. The topological polar surface area (TPSA) is 38.5 Å². The van der Waals surface area contributed by atoms with Crippen LogP contribution in [0.4, 0.5) is 0 Å². The zero-order chi connectivity index (χ0) is 12.7. The summed E-state index contributed by atoms with van der Waals surface area (Å²) in [7, 11) is 3.85. The average molecular weight is 236 g/mol. The van der Waals surface area contributed by atoms with Crippen LogP contribution in [0, 0.1) is 0 Å². The van der Waals surface area contributed by atoms with E-state index in [0.717, 1.165) is 24.4 Å². The Bertz CT molecular complexity index is 339. The summed E-state index contributed by atoms with van der Waals surface area (Å²) in [6.07, 6.45) is 2.48. The van der Waals surface area contributed by atoms with Crippen LogP contribution in [-0.4, -0.2) is 25.6 Å². The lowest BCUT2D eigenvalue weighted by Gasteiger charge is -2.17. The molecule has 3 nitrogen and oxygen atoms in total. The summed E-state index contributed by atoms with van der Waals surface area (Å²) in [6, 6.07) is 6.28. The predicted octanol–water partition coefficient (Wildman–Crippen LogP) is 2.39. The molecule has 0 aliphatic carbocycles. The number of ether oxygens (including phenoxy) is 1. The molecule has 3 heteroatoms. The number of hydrogen-bond donors (Lipinski definition) is 1. The predicted molar refractivity (Wildman–Crippen MR) is 72.1 cm³/mol. The van der Waals surface area contributed by atoms with Crippen molar-refractivity contribution in [1.82, 2.24) is 4.90 Å². The molecule has 0 radical (unpaired) electrons. The molecule has 17 heavy (non-hydrogen) atoms. The first-order chi connectivity index (χ1) is 8.21. The summed E-state index contributed by atoms with van der Waals surface area (Å²) in [5.41, 5.74) is 7.99. The second kappa shape index (κ2) is 7.30. The van der Waals surface area contributed by atoms with Gasteiger partial charge in [-0.1, -0.05) is 25.5 Å². The van der Waals surface area contributed by atoms with Gasteiger partial charge in [0.25, 0.3) is 0 Å². The first kappa shape index (κ1) is 14.0. The van der Waals surface area contributed by atoms with Gasteiger partial charge in [0.2, 0.25) is 0 Å². The van der Waals surface area contributed by atoms with Crippen LogP contribution in [0.15, 0.2) is 18.2 Å². The number of rotatable bonds is 7. The van der Waals surface area contributed by atoms with Gasteiger partial charge in [0.05, 0.1) is 7.11 Å². The van der Waals surface area contributed by atoms with Crippen LogP contribution in [0.25, 0.3) is 0 Å². The van der Waals surface area contributed by atoms with Crippen molar-refractivity contribution in [3.8, 4) is 5.75 Å². The summed E-state index contributed by atoms with van der Waals surface area (Å²) in [6.45, 7) is 4.83. The smallest absolute Gasteiger partial charge is 0.123 e. The van der Waals surface area contributed by atoms with E-state index in [1.165, 1.54) is 18.4 Å². The molecule has 2 N–H and O–H groups in total.